The third-order valence-electron chi connectivity index (χ3n) is 3.16. The van der Waals surface area contributed by atoms with Crippen LogP contribution in [0.5, 0.6) is 0 Å². The van der Waals surface area contributed by atoms with E-state index in [1.54, 1.807) is 13.8 Å². The summed E-state index contributed by atoms with van der Waals surface area (Å²) in [6.45, 7) is 3.61. The van der Waals surface area contributed by atoms with Crippen LogP contribution in [0.2, 0.25) is 0 Å². The van der Waals surface area contributed by atoms with Gasteiger partial charge in [-0.15, -0.1) is 0 Å². The van der Waals surface area contributed by atoms with E-state index in [4.69, 9.17) is 11.5 Å². The maximum absolute atomic E-state index is 12.0. The highest BCUT2D eigenvalue weighted by Crippen LogP contribution is 2.24. The van der Waals surface area contributed by atoms with Crippen LogP contribution in [0, 0.1) is 5.92 Å². The minimum atomic E-state index is -0.579. The number of rotatable bonds is 4. The van der Waals surface area contributed by atoms with Gasteiger partial charge in [-0.2, -0.15) is 0 Å². The van der Waals surface area contributed by atoms with E-state index < -0.39 is 11.4 Å². The van der Waals surface area contributed by atoms with Gasteiger partial charge in [0.1, 0.15) is 0 Å². The van der Waals surface area contributed by atoms with Crippen molar-refractivity contribution in [3.63, 3.8) is 0 Å². The zero-order valence-corrected chi connectivity index (χ0v) is 10.7. The normalized spacial score (nSPS) is 25.4. The molecule has 1 fully saturated rings. The van der Waals surface area contributed by atoms with Crippen LogP contribution < -0.4 is 16.8 Å². The second kappa shape index (κ2) is 5.49. The molecule has 2 atom stereocenters. The van der Waals surface area contributed by atoms with Gasteiger partial charge in [0, 0.05) is 23.9 Å². The highest BCUT2D eigenvalue weighted by molar-refractivity contribution is 5.81. The number of primary amides is 1. The first kappa shape index (κ1) is 14.0. The minimum Gasteiger partial charge on any atom is -0.370 e. The third-order valence-corrected chi connectivity index (χ3v) is 3.16. The van der Waals surface area contributed by atoms with Gasteiger partial charge >= 0.3 is 0 Å². The average molecular weight is 241 g/mol. The molecule has 0 aliphatic heterocycles. The van der Waals surface area contributed by atoms with Gasteiger partial charge in [0.2, 0.25) is 11.8 Å². The Morgan fingerprint density at radius 1 is 1.35 bits per heavy atom. The van der Waals surface area contributed by atoms with Crippen LogP contribution in [0.1, 0.15) is 46.0 Å². The van der Waals surface area contributed by atoms with Gasteiger partial charge < -0.3 is 16.8 Å². The SMILES string of the molecule is CC(C)(CC(N)=O)NC(=O)C1CCCC(N)C1. The number of carbonyl (C=O) groups excluding carboxylic acids is 2. The molecule has 1 rings (SSSR count). The molecule has 0 radical (unpaired) electrons. The van der Waals surface area contributed by atoms with Gasteiger partial charge in [0.25, 0.3) is 0 Å². The predicted molar refractivity (Wildman–Crippen MR) is 66.0 cm³/mol. The van der Waals surface area contributed by atoms with E-state index in [0.717, 1.165) is 25.7 Å². The van der Waals surface area contributed by atoms with Gasteiger partial charge in [0.05, 0.1) is 0 Å². The number of hydrogen-bond donors (Lipinski definition) is 3. The fourth-order valence-electron chi connectivity index (χ4n) is 2.38. The second-order valence-corrected chi connectivity index (χ2v) is 5.64. The number of nitrogens with one attached hydrogen (secondary N) is 1. The zero-order valence-electron chi connectivity index (χ0n) is 10.7. The Labute approximate surface area is 102 Å². The summed E-state index contributed by atoms with van der Waals surface area (Å²) in [6, 6.07) is 0.124. The summed E-state index contributed by atoms with van der Waals surface area (Å²) in [5, 5.41) is 2.88. The van der Waals surface area contributed by atoms with E-state index in [2.05, 4.69) is 5.32 Å². The molecule has 0 spiro atoms. The number of carbonyl (C=O) groups is 2. The molecule has 0 aromatic rings. The van der Waals surface area contributed by atoms with Crippen LogP contribution in [0.15, 0.2) is 0 Å². The molecule has 98 valence electrons. The van der Waals surface area contributed by atoms with Crippen molar-refractivity contribution < 1.29 is 9.59 Å². The lowest BCUT2D eigenvalue weighted by Crippen LogP contribution is -2.49. The van der Waals surface area contributed by atoms with Crippen LogP contribution in [0.4, 0.5) is 0 Å². The maximum Gasteiger partial charge on any atom is 0.223 e. The van der Waals surface area contributed by atoms with Gasteiger partial charge in [-0.1, -0.05) is 6.42 Å². The molecule has 1 saturated carbocycles. The van der Waals surface area contributed by atoms with Gasteiger partial charge in [-0.3, -0.25) is 9.59 Å². The Morgan fingerprint density at radius 2 is 2.00 bits per heavy atom. The van der Waals surface area contributed by atoms with Crippen molar-refractivity contribution in [2.24, 2.45) is 17.4 Å². The molecule has 0 aromatic carbocycles. The Kier molecular flexibility index (Phi) is 4.51. The summed E-state index contributed by atoms with van der Waals surface area (Å²) in [6.07, 6.45) is 3.76. The number of nitrogens with two attached hydrogens (primary N) is 2. The molecule has 0 heterocycles. The Hall–Kier alpha value is -1.10. The Bertz CT molecular complexity index is 302. The molecule has 2 amide bonds. The van der Waals surface area contributed by atoms with E-state index in [-0.39, 0.29) is 24.3 Å². The van der Waals surface area contributed by atoms with Crippen LogP contribution in [-0.2, 0) is 9.59 Å². The second-order valence-electron chi connectivity index (χ2n) is 5.64. The van der Waals surface area contributed by atoms with Crippen LogP contribution >= 0.6 is 0 Å². The quantitative estimate of drug-likeness (QED) is 0.659. The summed E-state index contributed by atoms with van der Waals surface area (Å²) >= 11 is 0. The van der Waals surface area contributed by atoms with E-state index in [0.29, 0.717) is 0 Å². The molecule has 5 nitrogen and oxygen atoms in total. The van der Waals surface area contributed by atoms with Crippen LogP contribution in [0.3, 0.4) is 0 Å². The topological polar surface area (TPSA) is 98.2 Å². The van der Waals surface area contributed by atoms with E-state index >= 15 is 0 Å². The highest BCUT2D eigenvalue weighted by Gasteiger charge is 2.30. The molecule has 0 aromatic heterocycles. The van der Waals surface area contributed by atoms with Crippen LogP contribution in [0.25, 0.3) is 0 Å². The van der Waals surface area contributed by atoms with Crippen molar-refractivity contribution in [3.8, 4) is 0 Å². The lowest BCUT2D eigenvalue weighted by atomic mass is 9.85. The number of amides is 2. The van der Waals surface area contributed by atoms with Crippen molar-refractivity contribution >= 4 is 11.8 Å². The van der Waals surface area contributed by atoms with E-state index in [1.165, 1.54) is 0 Å². The fraction of sp³-hybridized carbons (Fsp3) is 0.833. The molecular weight excluding hydrogens is 218 g/mol. The molecule has 0 saturated heterocycles. The monoisotopic (exact) mass is 241 g/mol. The first-order valence-electron chi connectivity index (χ1n) is 6.16. The molecule has 5 heteroatoms. The summed E-state index contributed by atoms with van der Waals surface area (Å²) in [5.41, 5.74) is 10.4. The predicted octanol–water partition coefficient (Wildman–Crippen LogP) is 0.274. The summed E-state index contributed by atoms with van der Waals surface area (Å²) in [5.74, 6) is -0.437. The fourth-order valence-corrected chi connectivity index (χ4v) is 2.38. The molecule has 1 aliphatic rings. The zero-order chi connectivity index (χ0) is 13.1. The first-order valence-corrected chi connectivity index (χ1v) is 6.16. The third kappa shape index (κ3) is 4.73. The van der Waals surface area contributed by atoms with Gasteiger partial charge in [-0.25, -0.2) is 0 Å². The number of hydrogen-bond acceptors (Lipinski definition) is 3. The van der Waals surface area contributed by atoms with Crippen LogP contribution in [-0.4, -0.2) is 23.4 Å². The van der Waals surface area contributed by atoms with Gasteiger partial charge in [0.15, 0.2) is 0 Å². The molecule has 0 bridgehead atoms. The standard InChI is InChI=1S/C12H23N3O2/c1-12(2,7-10(14)16)15-11(17)8-4-3-5-9(13)6-8/h8-9H,3-7,13H2,1-2H3,(H2,14,16)(H,15,17). The van der Waals surface area contributed by atoms with E-state index in [1.807, 2.05) is 0 Å². The largest absolute Gasteiger partial charge is 0.370 e. The van der Waals surface area contributed by atoms with Crippen molar-refractivity contribution in [3.05, 3.63) is 0 Å². The maximum atomic E-state index is 12.0. The Balaban J connectivity index is 2.50. The summed E-state index contributed by atoms with van der Waals surface area (Å²) in [4.78, 5) is 22.9. The lowest BCUT2D eigenvalue weighted by Gasteiger charge is -2.31. The van der Waals surface area contributed by atoms with E-state index in [9.17, 15) is 9.59 Å². The van der Waals surface area contributed by atoms with Crippen molar-refractivity contribution in [1.29, 1.82) is 0 Å². The molecule has 17 heavy (non-hydrogen) atoms. The van der Waals surface area contributed by atoms with Crippen molar-refractivity contribution in [2.75, 3.05) is 0 Å². The summed E-state index contributed by atoms with van der Waals surface area (Å²) < 4.78 is 0. The smallest absolute Gasteiger partial charge is 0.223 e. The summed E-state index contributed by atoms with van der Waals surface area (Å²) in [7, 11) is 0. The highest BCUT2D eigenvalue weighted by atomic mass is 16.2. The minimum absolute atomic E-state index is 0.00796. The first-order chi connectivity index (χ1) is 7.80. The lowest BCUT2D eigenvalue weighted by molar-refractivity contribution is -0.128. The molecule has 2 unspecified atom stereocenters. The molecule has 5 N–H and O–H groups in total. The average Bonchev–Trinajstić information content (AvgIpc) is 2.14. The molecule has 1 aliphatic carbocycles. The Morgan fingerprint density at radius 3 is 2.53 bits per heavy atom. The van der Waals surface area contributed by atoms with Crippen molar-refractivity contribution in [2.45, 2.75) is 57.5 Å². The van der Waals surface area contributed by atoms with Crippen molar-refractivity contribution in [1.82, 2.24) is 5.32 Å². The van der Waals surface area contributed by atoms with Gasteiger partial charge in [-0.05, 0) is 33.1 Å². The molecular formula is C12H23N3O2.